The number of carbonyl (C=O) groups is 4. The van der Waals surface area contributed by atoms with Gasteiger partial charge in [-0.05, 0) is 159 Å². The standard InChI is InChI=1S/C77H96ClN13O10S2/c1-50-70(102-49-83-50)54-14-10-51(11-15-54)45-82-74(95)67-41-60(92)48-90(67)75(96)71(76(2,3)4)84-69(93)9-7-8-30-86-31-35-88(36-32-86)58-20-12-52(13-21-58)44-80-65-25-23-62(42-66(65)91(97)98)103(99,100)85-73(94)63-24-22-59(40-68(63)101-61-39-55-27-29-79-72(55)81-46-61)89-37-33-87(34-38-89)47-56-26-28-77(5,6)43-64(56)53-16-18-57(78)19-17-53/h10-11,14-19,22-25,27,29,39-40,42,46,49,52,58,60,67,71,80,92H,7-9,12-13,20-21,26,28,30-38,41,43-45,47-48H2,1-6H3,(H,79,81)(H,82,95)(H,84,93)(H,85,94)/t52?,58?,60-,67+,71-/m1/s1. The lowest BCUT2D eigenvalue weighted by Crippen LogP contribution is -2.57. The Bertz CT molecular complexity index is 4340. The van der Waals surface area contributed by atoms with Crippen molar-refractivity contribution >= 4 is 90.3 Å². The van der Waals surface area contributed by atoms with Crippen LogP contribution < -0.4 is 30.3 Å². The van der Waals surface area contributed by atoms with Gasteiger partial charge in [0.05, 0.1) is 43.8 Å². The van der Waals surface area contributed by atoms with Gasteiger partial charge in [0.25, 0.3) is 21.6 Å². The number of β-amino-alcohol motifs (C(OH)–C–C–N with tert-alkyl or cyclic N) is 1. The third-order valence-corrected chi connectivity index (χ3v) is 23.8. The van der Waals surface area contributed by atoms with E-state index in [0.717, 1.165) is 148 Å². The summed E-state index contributed by atoms with van der Waals surface area (Å²) in [6.07, 6.45) is 11.2. The SMILES string of the molecule is Cc1ncsc1-c1ccc(CNC(=O)[C@@H]2C[C@@H](O)CN2C(=O)[C@@H](NC(=O)CCCCN2CCN(C3CCC(CNc4ccc(S(=O)(=O)NC(=O)c5ccc(N6CCN(CC7=C(c8ccc(Cl)cc8)CC(C)(C)CC7)CC6)cc5Oc5cnc6[nH]ccc6c5)cc4[N+](=O)[O-])CC3)CC2)C(C)(C)C)cc1. The van der Waals surface area contributed by atoms with Gasteiger partial charge in [0, 0.05) is 132 Å². The van der Waals surface area contributed by atoms with Gasteiger partial charge in [0.1, 0.15) is 34.9 Å². The maximum atomic E-state index is 14.3. The number of hydrogen-bond donors (Lipinski definition) is 6. The number of carbonyl (C=O) groups excluding carboxylic acids is 4. The number of aryl methyl sites for hydroxylation is 1. The van der Waals surface area contributed by atoms with Crippen LogP contribution in [-0.2, 0) is 31.0 Å². The van der Waals surface area contributed by atoms with Crippen molar-refractivity contribution in [1.29, 1.82) is 0 Å². The molecule has 3 saturated heterocycles. The molecule has 1 saturated carbocycles. The molecule has 12 rings (SSSR count). The van der Waals surface area contributed by atoms with E-state index in [2.05, 4.69) is 81.2 Å². The number of sulfonamides is 1. The van der Waals surface area contributed by atoms with Crippen molar-refractivity contribution < 1.29 is 42.4 Å². The molecular formula is C77H96ClN13O10S2. The molecule has 3 aliphatic heterocycles. The number of unbranched alkanes of at least 4 members (excludes halogenated alkanes) is 1. The summed E-state index contributed by atoms with van der Waals surface area (Å²) in [7, 11) is -4.64. The molecule has 26 heteroatoms. The van der Waals surface area contributed by atoms with Gasteiger partial charge in [-0.3, -0.25) is 39.1 Å². The second-order valence-electron chi connectivity index (χ2n) is 30.3. The zero-order valence-corrected chi connectivity index (χ0v) is 62.1. The number of fused-ring (bicyclic) bond motifs is 1. The quantitative estimate of drug-likeness (QED) is 0.0176. The number of aliphatic hydroxyl groups is 1. The van der Waals surface area contributed by atoms with Gasteiger partial charge in [-0.2, -0.15) is 0 Å². The molecule has 103 heavy (non-hydrogen) atoms. The van der Waals surface area contributed by atoms with Crippen molar-refractivity contribution in [2.45, 2.75) is 148 Å². The van der Waals surface area contributed by atoms with Crippen LogP contribution in [0.3, 0.4) is 0 Å². The molecule has 0 unspecified atom stereocenters. The Hall–Kier alpha value is -8.30. The topological polar surface area (TPSA) is 281 Å². The molecule has 23 nitrogen and oxygen atoms in total. The number of piperazine rings is 2. The minimum atomic E-state index is -4.64. The number of pyridine rings is 1. The number of aromatic amines is 1. The first-order valence-corrected chi connectivity index (χ1v) is 38.8. The summed E-state index contributed by atoms with van der Waals surface area (Å²) in [6.45, 7) is 21.4. The van der Waals surface area contributed by atoms with Crippen LogP contribution in [-0.4, -0.2) is 179 Å². The fourth-order valence-electron chi connectivity index (χ4n) is 15.2. The number of ether oxygens (including phenoxy) is 1. The Kier molecular flexibility index (Phi) is 23.4. The fourth-order valence-corrected chi connectivity index (χ4v) is 17.1. The van der Waals surface area contributed by atoms with Crippen molar-refractivity contribution in [3.05, 3.63) is 158 Å². The number of amides is 4. The first-order valence-electron chi connectivity index (χ1n) is 36.1. The molecule has 4 aromatic carbocycles. The van der Waals surface area contributed by atoms with Crippen LogP contribution >= 0.6 is 22.9 Å². The number of thiazole rings is 1. The van der Waals surface area contributed by atoms with E-state index in [0.29, 0.717) is 43.5 Å². The molecule has 0 radical (unpaired) electrons. The third-order valence-electron chi connectivity index (χ3n) is 21.2. The molecule has 6 heterocycles. The van der Waals surface area contributed by atoms with Crippen molar-refractivity contribution in [1.82, 2.24) is 49.9 Å². The zero-order chi connectivity index (χ0) is 72.7. The van der Waals surface area contributed by atoms with E-state index in [1.54, 1.807) is 41.8 Å². The minimum Gasteiger partial charge on any atom is -0.455 e. The van der Waals surface area contributed by atoms with Gasteiger partial charge in [-0.1, -0.05) is 88.2 Å². The second kappa shape index (κ2) is 32.4. The number of nitrogens with zero attached hydrogens (tertiary/aromatic N) is 8. The van der Waals surface area contributed by atoms with E-state index in [-0.39, 0.29) is 72.0 Å². The predicted molar refractivity (Wildman–Crippen MR) is 403 cm³/mol. The van der Waals surface area contributed by atoms with Gasteiger partial charge in [-0.25, -0.2) is 23.1 Å². The molecule has 7 aromatic rings. The number of aliphatic hydroxyl groups excluding tert-OH is 1. The van der Waals surface area contributed by atoms with Gasteiger partial charge in [0.2, 0.25) is 17.7 Å². The lowest BCUT2D eigenvalue weighted by atomic mass is 9.72. The Morgan fingerprint density at radius 1 is 0.874 bits per heavy atom. The zero-order valence-electron chi connectivity index (χ0n) is 59.7. The highest BCUT2D eigenvalue weighted by molar-refractivity contribution is 7.90. The highest BCUT2D eigenvalue weighted by Gasteiger charge is 2.45. The molecule has 4 amide bonds. The average molecular weight is 1460 g/mol. The first-order chi connectivity index (χ1) is 49.3. The molecule has 6 N–H and O–H groups in total. The number of likely N-dealkylation sites (tertiary alicyclic amines) is 1. The van der Waals surface area contributed by atoms with Crippen molar-refractivity contribution in [3.63, 3.8) is 0 Å². The maximum Gasteiger partial charge on any atom is 0.293 e. The van der Waals surface area contributed by atoms with Crippen LogP contribution in [0.5, 0.6) is 11.5 Å². The summed E-state index contributed by atoms with van der Waals surface area (Å²) >= 11 is 7.86. The molecule has 2 aliphatic carbocycles. The number of hydrogen-bond acceptors (Lipinski definition) is 18. The van der Waals surface area contributed by atoms with Crippen LogP contribution in [0.25, 0.3) is 27.0 Å². The number of anilines is 2. The highest BCUT2D eigenvalue weighted by Crippen LogP contribution is 2.44. The molecule has 3 atom stereocenters. The van der Waals surface area contributed by atoms with Gasteiger partial charge in [-0.15, -0.1) is 11.3 Å². The van der Waals surface area contributed by atoms with E-state index in [1.807, 2.05) is 75.7 Å². The molecule has 548 valence electrons. The number of aromatic nitrogens is 3. The summed E-state index contributed by atoms with van der Waals surface area (Å²) in [5, 5.41) is 34.0. The Labute approximate surface area is 612 Å². The van der Waals surface area contributed by atoms with Crippen LogP contribution in [0.4, 0.5) is 17.1 Å². The van der Waals surface area contributed by atoms with E-state index in [9.17, 15) is 42.8 Å². The summed E-state index contributed by atoms with van der Waals surface area (Å²) in [6, 6.07) is 27.1. The molecule has 5 aliphatic rings. The summed E-state index contributed by atoms with van der Waals surface area (Å²) in [4.78, 5) is 91.2. The molecule has 0 spiro atoms. The number of nitro groups is 1. The average Bonchev–Trinajstić information content (AvgIpc) is 1.78. The molecule has 0 bridgehead atoms. The maximum absolute atomic E-state index is 14.3. The van der Waals surface area contributed by atoms with Crippen molar-refractivity contribution in [2.75, 3.05) is 88.8 Å². The van der Waals surface area contributed by atoms with Crippen molar-refractivity contribution in [3.8, 4) is 21.9 Å². The van der Waals surface area contributed by atoms with E-state index in [1.165, 1.54) is 39.9 Å². The number of halogens is 1. The minimum absolute atomic E-state index is 0.00232. The smallest absolute Gasteiger partial charge is 0.293 e. The summed E-state index contributed by atoms with van der Waals surface area (Å²) in [5.41, 5.74) is 9.47. The Balaban J connectivity index is 0.584. The third kappa shape index (κ3) is 18.6. The number of H-pyrrole nitrogens is 1. The lowest BCUT2D eigenvalue weighted by molar-refractivity contribution is -0.384. The Morgan fingerprint density at radius 2 is 1.60 bits per heavy atom. The second-order valence-corrected chi connectivity index (χ2v) is 33.2. The number of nitrogens with one attached hydrogen (secondary N) is 5. The van der Waals surface area contributed by atoms with E-state index in [4.69, 9.17) is 16.3 Å². The van der Waals surface area contributed by atoms with Crippen LogP contribution in [0.2, 0.25) is 5.02 Å². The van der Waals surface area contributed by atoms with Crippen molar-refractivity contribution in [2.24, 2.45) is 16.7 Å². The van der Waals surface area contributed by atoms with Crippen LogP contribution in [0, 0.1) is 33.8 Å². The first kappa shape index (κ1) is 74.4. The number of nitro benzene ring substituents is 1. The van der Waals surface area contributed by atoms with E-state index >= 15 is 0 Å². The molecule has 4 fully saturated rings. The van der Waals surface area contributed by atoms with Gasteiger partial charge >= 0.3 is 0 Å². The monoisotopic (exact) mass is 1460 g/mol. The molecule has 3 aromatic heterocycles. The number of rotatable bonds is 25. The normalized spacial score (nSPS) is 20.4. The van der Waals surface area contributed by atoms with Gasteiger partial charge in [0.15, 0.2) is 0 Å². The van der Waals surface area contributed by atoms with E-state index < -0.39 is 55.0 Å². The highest BCUT2D eigenvalue weighted by atomic mass is 35.5. The number of benzene rings is 4. The lowest BCUT2D eigenvalue weighted by Gasteiger charge is -2.42. The largest absolute Gasteiger partial charge is 0.455 e. The number of allylic oxidation sites excluding steroid dienone is 1. The van der Waals surface area contributed by atoms with Crippen LogP contribution in [0.15, 0.2) is 125 Å². The summed E-state index contributed by atoms with van der Waals surface area (Å²) < 4.78 is 36.7. The Morgan fingerprint density at radius 3 is 2.31 bits per heavy atom. The fraction of sp³-hybridized carbons (Fsp3) is 0.481. The summed E-state index contributed by atoms with van der Waals surface area (Å²) in [5.74, 6) is -1.26. The van der Waals surface area contributed by atoms with Gasteiger partial charge < -0.3 is 45.5 Å². The predicted octanol–water partition coefficient (Wildman–Crippen LogP) is 11.8. The molecular weight excluding hydrogens is 1370 g/mol. The van der Waals surface area contributed by atoms with Crippen LogP contribution in [0.1, 0.15) is 132 Å².